The van der Waals surface area contributed by atoms with Gasteiger partial charge in [-0.3, -0.25) is 4.79 Å². The van der Waals surface area contributed by atoms with Crippen LogP contribution < -0.4 is 15.4 Å². The van der Waals surface area contributed by atoms with E-state index in [1.54, 1.807) is 24.3 Å². The molecule has 1 amide bonds. The summed E-state index contributed by atoms with van der Waals surface area (Å²) in [6, 6.07) is 13.6. The Bertz CT molecular complexity index is 688. The van der Waals surface area contributed by atoms with Crippen LogP contribution in [0.2, 0.25) is 0 Å². The first-order valence-electron chi connectivity index (χ1n) is 8.20. The van der Waals surface area contributed by atoms with Crippen LogP contribution in [0.15, 0.2) is 48.5 Å². The lowest BCUT2D eigenvalue weighted by Gasteiger charge is -2.14. The molecule has 0 aliphatic carbocycles. The van der Waals surface area contributed by atoms with E-state index in [1.165, 1.54) is 12.1 Å². The number of hydrogen-bond donors (Lipinski definition) is 2. The normalized spacial score (nSPS) is 16.1. The van der Waals surface area contributed by atoms with E-state index < -0.39 is 0 Å². The predicted molar refractivity (Wildman–Crippen MR) is 97.8 cm³/mol. The summed E-state index contributed by atoms with van der Waals surface area (Å²) in [5.74, 6) is 0.108. The second-order valence-corrected chi connectivity index (χ2v) is 5.91. The van der Waals surface area contributed by atoms with Crippen LogP contribution in [0.25, 0.3) is 0 Å². The first kappa shape index (κ1) is 19.2. The maximum Gasteiger partial charge on any atom is 0.255 e. The molecule has 1 atom stereocenters. The number of halogens is 2. The van der Waals surface area contributed by atoms with Crippen LogP contribution in [-0.2, 0) is 6.61 Å². The van der Waals surface area contributed by atoms with E-state index in [9.17, 15) is 9.18 Å². The van der Waals surface area contributed by atoms with Gasteiger partial charge in [-0.25, -0.2) is 4.39 Å². The highest BCUT2D eigenvalue weighted by Gasteiger charge is 2.17. The third-order valence-electron chi connectivity index (χ3n) is 4.11. The molecule has 2 N–H and O–H groups in total. The number of carbonyl (C=O) groups is 1. The van der Waals surface area contributed by atoms with E-state index >= 15 is 0 Å². The smallest absolute Gasteiger partial charge is 0.255 e. The van der Waals surface area contributed by atoms with E-state index in [2.05, 4.69) is 10.6 Å². The number of ether oxygens (including phenoxy) is 1. The Kier molecular flexibility index (Phi) is 7.22. The van der Waals surface area contributed by atoms with Gasteiger partial charge in [-0.2, -0.15) is 0 Å². The standard InChI is InChI=1S/C19H21FN2O2.ClH/c20-15-9-7-14(8-10-15)13-24-18-6-2-1-5-17(18)19(23)22-12-16-4-3-11-21-16;/h1-2,5-10,16,21H,3-4,11-13H2,(H,22,23);1H. The van der Waals surface area contributed by atoms with Crippen LogP contribution in [0, 0.1) is 5.82 Å². The van der Waals surface area contributed by atoms with Gasteiger partial charge in [0.1, 0.15) is 18.2 Å². The minimum absolute atomic E-state index is 0. The summed E-state index contributed by atoms with van der Waals surface area (Å²) in [7, 11) is 0. The number of carbonyl (C=O) groups excluding carboxylic acids is 1. The fraction of sp³-hybridized carbons (Fsp3) is 0.316. The van der Waals surface area contributed by atoms with Crippen molar-refractivity contribution >= 4 is 18.3 Å². The van der Waals surface area contributed by atoms with Crippen molar-refractivity contribution in [2.75, 3.05) is 13.1 Å². The molecule has 4 nitrogen and oxygen atoms in total. The first-order valence-corrected chi connectivity index (χ1v) is 8.20. The summed E-state index contributed by atoms with van der Waals surface area (Å²) in [6.07, 6.45) is 2.24. The van der Waals surface area contributed by atoms with Gasteiger partial charge in [0.15, 0.2) is 0 Å². The van der Waals surface area contributed by atoms with Crippen LogP contribution in [0.4, 0.5) is 4.39 Å². The van der Waals surface area contributed by atoms with E-state index in [-0.39, 0.29) is 30.7 Å². The van der Waals surface area contributed by atoms with Gasteiger partial charge in [-0.15, -0.1) is 12.4 Å². The van der Waals surface area contributed by atoms with Crippen molar-refractivity contribution in [1.82, 2.24) is 10.6 Å². The maximum absolute atomic E-state index is 12.9. The van der Waals surface area contributed by atoms with Crippen molar-refractivity contribution in [3.63, 3.8) is 0 Å². The fourth-order valence-electron chi connectivity index (χ4n) is 2.76. The highest BCUT2D eigenvalue weighted by atomic mass is 35.5. The molecule has 1 fully saturated rings. The van der Waals surface area contributed by atoms with Crippen LogP contribution in [-0.4, -0.2) is 25.0 Å². The molecule has 2 aromatic carbocycles. The third-order valence-corrected chi connectivity index (χ3v) is 4.11. The maximum atomic E-state index is 12.9. The van der Waals surface area contributed by atoms with Crippen LogP contribution in [0.3, 0.4) is 0 Å². The molecule has 0 aromatic heterocycles. The Morgan fingerprint density at radius 3 is 2.68 bits per heavy atom. The van der Waals surface area contributed by atoms with Gasteiger partial charge in [0, 0.05) is 12.6 Å². The van der Waals surface area contributed by atoms with Crippen LogP contribution >= 0.6 is 12.4 Å². The molecule has 25 heavy (non-hydrogen) atoms. The summed E-state index contributed by atoms with van der Waals surface area (Å²) in [6.45, 7) is 1.91. The molecular formula is C19H22ClFN2O2. The topological polar surface area (TPSA) is 50.4 Å². The van der Waals surface area contributed by atoms with Gasteiger partial charge in [0.25, 0.3) is 5.91 Å². The second kappa shape index (κ2) is 9.39. The van der Waals surface area contributed by atoms with Gasteiger partial charge >= 0.3 is 0 Å². The number of hydrogen-bond acceptors (Lipinski definition) is 3. The average Bonchev–Trinajstić information content (AvgIpc) is 3.13. The molecule has 0 spiro atoms. The Morgan fingerprint density at radius 2 is 1.96 bits per heavy atom. The highest BCUT2D eigenvalue weighted by molar-refractivity contribution is 5.96. The van der Waals surface area contributed by atoms with Gasteiger partial charge in [0.05, 0.1) is 5.56 Å². The number of para-hydroxylation sites is 1. The SMILES string of the molecule is Cl.O=C(NCC1CCCN1)c1ccccc1OCc1ccc(F)cc1. The molecule has 6 heteroatoms. The minimum atomic E-state index is -0.279. The zero-order chi connectivity index (χ0) is 16.8. The largest absolute Gasteiger partial charge is 0.488 e. The quantitative estimate of drug-likeness (QED) is 0.826. The summed E-state index contributed by atoms with van der Waals surface area (Å²) in [5, 5.41) is 6.31. The molecule has 1 aliphatic rings. The lowest BCUT2D eigenvalue weighted by molar-refractivity contribution is 0.0946. The molecule has 3 rings (SSSR count). The summed E-state index contributed by atoms with van der Waals surface area (Å²) < 4.78 is 18.7. The zero-order valence-electron chi connectivity index (χ0n) is 13.8. The van der Waals surface area contributed by atoms with Gasteiger partial charge in [0.2, 0.25) is 0 Å². The van der Waals surface area contributed by atoms with Crippen LogP contribution in [0.5, 0.6) is 5.75 Å². The van der Waals surface area contributed by atoms with Crippen LogP contribution in [0.1, 0.15) is 28.8 Å². The fourth-order valence-corrected chi connectivity index (χ4v) is 2.76. The molecule has 0 bridgehead atoms. The zero-order valence-corrected chi connectivity index (χ0v) is 14.7. The average molecular weight is 365 g/mol. The predicted octanol–water partition coefficient (Wildman–Crippen LogP) is 3.31. The minimum Gasteiger partial charge on any atom is -0.488 e. The lowest BCUT2D eigenvalue weighted by Crippen LogP contribution is -2.37. The summed E-state index contributed by atoms with van der Waals surface area (Å²) >= 11 is 0. The second-order valence-electron chi connectivity index (χ2n) is 5.91. The Morgan fingerprint density at radius 1 is 1.20 bits per heavy atom. The number of amides is 1. The van der Waals surface area contributed by atoms with Gasteiger partial charge < -0.3 is 15.4 Å². The molecular weight excluding hydrogens is 343 g/mol. The van der Waals surface area contributed by atoms with E-state index in [4.69, 9.17) is 4.74 Å². The number of benzene rings is 2. The first-order chi connectivity index (χ1) is 11.7. The Labute approximate surface area is 153 Å². The molecule has 1 aliphatic heterocycles. The van der Waals surface area contributed by atoms with E-state index in [0.717, 1.165) is 24.9 Å². The van der Waals surface area contributed by atoms with E-state index in [1.807, 2.05) is 12.1 Å². The summed E-state index contributed by atoms with van der Waals surface area (Å²) in [5.41, 5.74) is 1.36. The van der Waals surface area contributed by atoms with E-state index in [0.29, 0.717) is 23.9 Å². The van der Waals surface area contributed by atoms with Gasteiger partial charge in [-0.05, 0) is 49.2 Å². The molecule has 2 aromatic rings. The molecule has 0 saturated carbocycles. The Hall–Kier alpha value is -2.11. The van der Waals surface area contributed by atoms with Crippen molar-refractivity contribution in [3.8, 4) is 5.75 Å². The molecule has 1 unspecified atom stereocenters. The molecule has 134 valence electrons. The number of rotatable bonds is 6. The Balaban J connectivity index is 0.00000225. The molecule has 0 radical (unpaired) electrons. The monoisotopic (exact) mass is 364 g/mol. The van der Waals surface area contributed by atoms with Crippen molar-refractivity contribution in [3.05, 3.63) is 65.5 Å². The lowest BCUT2D eigenvalue weighted by atomic mass is 10.1. The van der Waals surface area contributed by atoms with Crippen molar-refractivity contribution in [2.24, 2.45) is 0 Å². The highest BCUT2D eigenvalue weighted by Crippen LogP contribution is 2.19. The van der Waals surface area contributed by atoms with Crippen molar-refractivity contribution in [2.45, 2.75) is 25.5 Å². The van der Waals surface area contributed by atoms with Crippen molar-refractivity contribution in [1.29, 1.82) is 0 Å². The third kappa shape index (κ3) is 5.44. The number of nitrogens with one attached hydrogen (secondary N) is 2. The molecule has 1 saturated heterocycles. The van der Waals surface area contributed by atoms with Crippen molar-refractivity contribution < 1.29 is 13.9 Å². The molecule has 1 heterocycles. The van der Waals surface area contributed by atoms with Gasteiger partial charge in [-0.1, -0.05) is 24.3 Å². The summed E-state index contributed by atoms with van der Waals surface area (Å²) in [4.78, 5) is 12.4.